The molecule has 0 amide bonds. The van der Waals surface area contributed by atoms with Crippen LogP contribution < -0.4 is 15.0 Å². The van der Waals surface area contributed by atoms with Crippen molar-refractivity contribution in [1.29, 1.82) is 5.26 Å². The molecule has 4 rings (SSSR count). The first kappa shape index (κ1) is 23.4. The minimum atomic E-state index is -0.815. The second-order valence-corrected chi connectivity index (χ2v) is 9.59. The van der Waals surface area contributed by atoms with Crippen LogP contribution >= 0.6 is 0 Å². The summed E-state index contributed by atoms with van der Waals surface area (Å²) in [4.78, 5) is 10.5. The van der Waals surface area contributed by atoms with E-state index in [4.69, 9.17) is 10.00 Å². The number of benzene rings is 2. The molecule has 1 fully saturated rings. The van der Waals surface area contributed by atoms with Crippen LogP contribution in [-0.4, -0.2) is 38.8 Å². The van der Waals surface area contributed by atoms with Crippen LogP contribution in [0, 0.1) is 31.0 Å². The number of anilines is 3. The van der Waals surface area contributed by atoms with Gasteiger partial charge in [-0.2, -0.15) is 10.2 Å². The molecule has 34 heavy (non-hydrogen) atoms. The zero-order chi connectivity index (χ0) is 24.1. The number of allylic oxidation sites excluding steroid dienone is 1. The van der Waals surface area contributed by atoms with Gasteiger partial charge < -0.3 is 15.0 Å². The third-order valence-electron chi connectivity index (χ3n) is 5.39. The molecule has 1 aromatic heterocycles. The van der Waals surface area contributed by atoms with E-state index in [9.17, 15) is 8.60 Å². The smallest absolute Gasteiger partial charge is 0.230 e. The lowest BCUT2D eigenvalue weighted by atomic mass is 10.1. The van der Waals surface area contributed by atoms with Crippen LogP contribution in [0.2, 0.25) is 0 Å². The summed E-state index contributed by atoms with van der Waals surface area (Å²) >= 11 is 0. The Kier molecular flexibility index (Phi) is 7.18. The van der Waals surface area contributed by atoms with E-state index in [1.807, 2.05) is 36.9 Å². The van der Waals surface area contributed by atoms with Gasteiger partial charge in [-0.3, -0.25) is 4.21 Å². The highest BCUT2D eigenvalue weighted by Gasteiger charge is 2.18. The summed E-state index contributed by atoms with van der Waals surface area (Å²) in [7, 11) is -0.815. The first-order chi connectivity index (χ1) is 16.4. The monoisotopic (exact) mass is 477 g/mol. The Bertz CT molecular complexity index is 1270. The Balaban J connectivity index is 1.48. The number of nitrogens with one attached hydrogen (secondary N) is 1. The van der Waals surface area contributed by atoms with Gasteiger partial charge >= 0.3 is 0 Å². The molecule has 1 N–H and O–H groups in total. The van der Waals surface area contributed by atoms with Crippen molar-refractivity contribution in [3.8, 4) is 17.7 Å². The van der Waals surface area contributed by atoms with Gasteiger partial charge in [0.1, 0.15) is 11.6 Å². The lowest BCUT2D eigenvalue weighted by Crippen LogP contribution is -2.38. The minimum absolute atomic E-state index is 0.280. The predicted octanol–water partition coefficient (Wildman–Crippen LogP) is 4.87. The van der Waals surface area contributed by atoms with E-state index in [0.29, 0.717) is 47.6 Å². The number of hydrogen-bond acceptors (Lipinski definition) is 7. The Morgan fingerprint density at radius 3 is 2.59 bits per heavy atom. The average Bonchev–Trinajstić information content (AvgIpc) is 2.81. The Morgan fingerprint density at radius 1 is 1.18 bits per heavy atom. The lowest BCUT2D eigenvalue weighted by Gasteiger charge is -2.28. The highest BCUT2D eigenvalue weighted by atomic mass is 32.2. The van der Waals surface area contributed by atoms with Gasteiger partial charge in [-0.15, -0.1) is 0 Å². The Morgan fingerprint density at radius 2 is 1.91 bits per heavy atom. The number of halogens is 1. The minimum Gasteiger partial charge on any atom is -0.438 e. The number of nitrogens with zero attached hydrogens (tertiary/aromatic N) is 4. The van der Waals surface area contributed by atoms with Gasteiger partial charge in [-0.05, 0) is 66.9 Å². The number of aryl methyl sites for hydroxylation is 2. The molecule has 7 nitrogen and oxygen atoms in total. The summed E-state index contributed by atoms with van der Waals surface area (Å²) in [6, 6.07) is 12.4. The normalized spacial score (nSPS) is 14.2. The summed E-state index contributed by atoms with van der Waals surface area (Å²) in [6.45, 7) is 5.01. The van der Waals surface area contributed by atoms with Crippen LogP contribution in [0.5, 0.6) is 11.6 Å². The van der Waals surface area contributed by atoms with E-state index >= 15 is 0 Å². The van der Waals surface area contributed by atoms with E-state index in [0.717, 1.165) is 16.7 Å². The van der Waals surface area contributed by atoms with Crippen molar-refractivity contribution in [2.75, 3.05) is 34.8 Å². The lowest BCUT2D eigenvalue weighted by molar-refractivity contribution is 0.455. The fourth-order valence-electron chi connectivity index (χ4n) is 3.79. The van der Waals surface area contributed by atoms with Crippen molar-refractivity contribution in [3.63, 3.8) is 0 Å². The standard InChI is InChI=1S/C25H24FN5O2S/c1-17-14-19(4-3-8-27)15-18(2)24(17)33-23-7-9-28-25(30-23)29-20-5-6-22(21(26)16-20)31-10-12-34(32)13-11-31/h3-7,9,14-16H,10-13H2,1-2H3,(H,28,29,30)/b4-3+. The summed E-state index contributed by atoms with van der Waals surface area (Å²) in [5.74, 6) is 2.05. The van der Waals surface area contributed by atoms with E-state index < -0.39 is 10.8 Å². The third kappa shape index (κ3) is 5.58. The van der Waals surface area contributed by atoms with Gasteiger partial charge in [0.25, 0.3) is 0 Å². The zero-order valence-electron chi connectivity index (χ0n) is 18.9. The number of ether oxygens (including phenoxy) is 1. The van der Waals surface area contributed by atoms with E-state index in [-0.39, 0.29) is 11.8 Å². The molecule has 0 atom stereocenters. The summed E-state index contributed by atoms with van der Waals surface area (Å²) in [6.07, 6.45) is 4.74. The van der Waals surface area contributed by atoms with Crippen molar-refractivity contribution in [1.82, 2.24) is 9.97 Å². The van der Waals surface area contributed by atoms with Gasteiger partial charge in [0.2, 0.25) is 11.8 Å². The zero-order valence-corrected chi connectivity index (χ0v) is 19.7. The molecule has 0 spiro atoms. The van der Waals surface area contributed by atoms with Crippen LogP contribution in [0.25, 0.3) is 6.08 Å². The van der Waals surface area contributed by atoms with Gasteiger partial charge in [-0.25, -0.2) is 9.37 Å². The second-order valence-electron chi connectivity index (χ2n) is 7.89. The Hall–Kier alpha value is -3.77. The molecule has 0 radical (unpaired) electrons. The molecule has 3 aromatic rings. The van der Waals surface area contributed by atoms with Crippen LogP contribution in [0.15, 0.2) is 48.7 Å². The first-order valence-corrected chi connectivity index (χ1v) is 12.3. The van der Waals surface area contributed by atoms with Crippen LogP contribution in [0.4, 0.5) is 21.7 Å². The number of hydrogen-bond donors (Lipinski definition) is 1. The SMILES string of the molecule is Cc1cc(/C=C/C#N)cc(C)c1Oc1ccnc(Nc2ccc(N3CCS(=O)CC3)c(F)c2)n1. The quantitative estimate of drug-likeness (QED) is 0.506. The predicted molar refractivity (Wildman–Crippen MR) is 132 cm³/mol. The molecular weight excluding hydrogens is 453 g/mol. The molecule has 0 aliphatic carbocycles. The maximum Gasteiger partial charge on any atom is 0.230 e. The molecule has 0 unspecified atom stereocenters. The summed E-state index contributed by atoms with van der Waals surface area (Å²) in [5.41, 5.74) is 3.74. The number of rotatable bonds is 6. The number of nitriles is 1. The molecular formula is C25H24FN5O2S. The van der Waals surface area contributed by atoms with Crippen molar-refractivity contribution >= 4 is 34.2 Å². The summed E-state index contributed by atoms with van der Waals surface area (Å²) in [5, 5.41) is 11.8. The average molecular weight is 478 g/mol. The molecule has 0 saturated carbocycles. The molecule has 9 heteroatoms. The third-order valence-corrected chi connectivity index (χ3v) is 6.67. The fourth-order valence-corrected chi connectivity index (χ4v) is 4.84. The van der Waals surface area contributed by atoms with Crippen molar-refractivity contribution in [2.45, 2.75) is 13.8 Å². The van der Waals surface area contributed by atoms with E-state index in [2.05, 4.69) is 15.3 Å². The van der Waals surface area contributed by atoms with Crippen LogP contribution in [0.1, 0.15) is 16.7 Å². The maximum absolute atomic E-state index is 14.8. The van der Waals surface area contributed by atoms with Crippen LogP contribution in [0.3, 0.4) is 0 Å². The molecule has 174 valence electrons. The highest BCUT2D eigenvalue weighted by Crippen LogP contribution is 2.30. The van der Waals surface area contributed by atoms with Gasteiger partial charge in [0.05, 0.1) is 11.8 Å². The van der Waals surface area contributed by atoms with Gasteiger partial charge in [0, 0.05) is 59.4 Å². The highest BCUT2D eigenvalue weighted by molar-refractivity contribution is 7.85. The van der Waals surface area contributed by atoms with Gasteiger partial charge in [-0.1, -0.05) is 0 Å². The van der Waals surface area contributed by atoms with Crippen molar-refractivity contribution in [2.24, 2.45) is 0 Å². The molecule has 2 heterocycles. The van der Waals surface area contributed by atoms with E-state index in [1.165, 1.54) is 12.1 Å². The van der Waals surface area contributed by atoms with Crippen LogP contribution in [-0.2, 0) is 10.8 Å². The van der Waals surface area contributed by atoms with E-state index in [1.54, 1.807) is 30.5 Å². The molecule has 0 bridgehead atoms. The second kappa shape index (κ2) is 10.4. The topological polar surface area (TPSA) is 91.1 Å². The summed E-state index contributed by atoms with van der Waals surface area (Å²) < 4.78 is 32.3. The maximum atomic E-state index is 14.8. The molecule has 2 aromatic carbocycles. The van der Waals surface area contributed by atoms with Crippen molar-refractivity contribution in [3.05, 3.63) is 71.2 Å². The molecule has 1 saturated heterocycles. The fraction of sp³-hybridized carbons (Fsp3) is 0.240. The molecule has 1 aliphatic rings. The molecule has 1 aliphatic heterocycles. The Labute approximate surface area is 200 Å². The number of aromatic nitrogens is 2. The van der Waals surface area contributed by atoms with Crippen molar-refractivity contribution < 1.29 is 13.3 Å². The first-order valence-electron chi connectivity index (χ1n) is 10.8. The largest absolute Gasteiger partial charge is 0.438 e. The van der Waals surface area contributed by atoms with Gasteiger partial charge in [0.15, 0.2) is 0 Å².